The first-order valence-corrected chi connectivity index (χ1v) is 6.93. The molecule has 0 fully saturated rings. The topological polar surface area (TPSA) is 62.9 Å². The molecule has 0 heterocycles. The number of ether oxygens (including phenoxy) is 4. The molecule has 0 aliphatic carbocycles. The number of nitrogens with two attached hydrogens (primary N) is 1. The van der Waals surface area contributed by atoms with Crippen molar-refractivity contribution in [3.63, 3.8) is 0 Å². The second kappa shape index (κ2) is 10.5. The van der Waals surface area contributed by atoms with E-state index in [-0.39, 0.29) is 0 Å². The van der Waals surface area contributed by atoms with Crippen LogP contribution in [0.4, 0.5) is 5.69 Å². The van der Waals surface area contributed by atoms with Crippen LogP contribution in [0.25, 0.3) is 0 Å². The molecule has 0 saturated carbocycles. The summed E-state index contributed by atoms with van der Waals surface area (Å²) in [7, 11) is 1.65. The molecule has 0 amide bonds. The van der Waals surface area contributed by atoms with Gasteiger partial charge in [0, 0.05) is 7.11 Å². The molecular formula is C15H25NO4. The van der Waals surface area contributed by atoms with Gasteiger partial charge >= 0.3 is 0 Å². The van der Waals surface area contributed by atoms with Crippen molar-refractivity contribution in [2.45, 2.75) is 13.3 Å². The minimum absolute atomic E-state index is 0.480. The van der Waals surface area contributed by atoms with E-state index >= 15 is 0 Å². The third-order valence-electron chi connectivity index (χ3n) is 2.77. The lowest BCUT2D eigenvalue weighted by Gasteiger charge is -2.10. The molecule has 1 rings (SSSR count). The second-order valence-electron chi connectivity index (χ2n) is 4.29. The number of hydrogen-bond acceptors (Lipinski definition) is 5. The molecule has 5 nitrogen and oxygen atoms in total. The fourth-order valence-corrected chi connectivity index (χ4v) is 1.62. The normalized spacial score (nSPS) is 10.7. The largest absolute Gasteiger partial charge is 0.489 e. The maximum atomic E-state index is 5.91. The predicted octanol–water partition coefficient (Wildman–Crippen LogP) is 1.89. The second-order valence-corrected chi connectivity index (χ2v) is 4.29. The van der Waals surface area contributed by atoms with Crippen LogP contribution < -0.4 is 10.5 Å². The van der Waals surface area contributed by atoms with Gasteiger partial charge in [-0.15, -0.1) is 0 Å². The summed E-state index contributed by atoms with van der Waals surface area (Å²) in [5.74, 6) is 0.710. The molecule has 5 heteroatoms. The SMILES string of the molecule is CCc1ccc(OCCOCCOCCOC)c(N)c1. The van der Waals surface area contributed by atoms with E-state index in [1.807, 2.05) is 18.2 Å². The Morgan fingerprint density at radius 1 is 0.950 bits per heavy atom. The lowest BCUT2D eigenvalue weighted by atomic mass is 10.1. The van der Waals surface area contributed by atoms with Crippen molar-refractivity contribution < 1.29 is 18.9 Å². The van der Waals surface area contributed by atoms with E-state index in [0.717, 1.165) is 6.42 Å². The van der Waals surface area contributed by atoms with Gasteiger partial charge in [-0.3, -0.25) is 0 Å². The van der Waals surface area contributed by atoms with Gasteiger partial charge in [0.05, 0.1) is 38.7 Å². The van der Waals surface area contributed by atoms with Crippen molar-refractivity contribution in [1.29, 1.82) is 0 Å². The number of hydrogen-bond donors (Lipinski definition) is 1. The summed E-state index contributed by atoms with van der Waals surface area (Å²) in [5.41, 5.74) is 7.79. The monoisotopic (exact) mass is 283 g/mol. The van der Waals surface area contributed by atoms with E-state index in [0.29, 0.717) is 51.1 Å². The number of methoxy groups -OCH3 is 1. The molecule has 20 heavy (non-hydrogen) atoms. The maximum Gasteiger partial charge on any atom is 0.142 e. The van der Waals surface area contributed by atoms with Crippen LogP contribution in [0.3, 0.4) is 0 Å². The summed E-state index contributed by atoms with van der Waals surface area (Å²) >= 11 is 0. The third kappa shape index (κ3) is 6.75. The fourth-order valence-electron chi connectivity index (χ4n) is 1.62. The zero-order valence-electron chi connectivity index (χ0n) is 12.4. The van der Waals surface area contributed by atoms with Crippen molar-refractivity contribution in [2.24, 2.45) is 0 Å². The molecule has 2 N–H and O–H groups in total. The zero-order valence-corrected chi connectivity index (χ0v) is 12.4. The summed E-state index contributed by atoms with van der Waals surface area (Å²) in [4.78, 5) is 0. The standard InChI is InChI=1S/C15H25NO4/c1-3-13-4-5-15(14(16)12-13)20-11-10-19-9-8-18-7-6-17-2/h4-5,12H,3,6-11,16H2,1-2H3. The molecule has 1 aromatic rings. The number of nitrogen functional groups attached to an aromatic ring is 1. The lowest BCUT2D eigenvalue weighted by Crippen LogP contribution is -2.12. The first-order valence-electron chi connectivity index (χ1n) is 6.93. The van der Waals surface area contributed by atoms with Gasteiger partial charge in [0.25, 0.3) is 0 Å². The molecule has 0 atom stereocenters. The number of rotatable bonds is 11. The molecule has 0 bridgehead atoms. The number of benzene rings is 1. The molecule has 0 radical (unpaired) electrons. The van der Waals surface area contributed by atoms with Crippen molar-refractivity contribution >= 4 is 5.69 Å². The summed E-state index contributed by atoms with van der Waals surface area (Å²) in [5, 5.41) is 0. The quantitative estimate of drug-likeness (QED) is 0.496. The van der Waals surface area contributed by atoms with Gasteiger partial charge in [-0.05, 0) is 24.1 Å². The van der Waals surface area contributed by atoms with Crippen LogP contribution in [0.2, 0.25) is 0 Å². The summed E-state index contributed by atoms with van der Waals surface area (Å²) in [6.45, 7) is 5.41. The van der Waals surface area contributed by atoms with Crippen LogP contribution in [-0.4, -0.2) is 46.8 Å². The molecular weight excluding hydrogens is 258 g/mol. The molecule has 0 aliphatic heterocycles. The highest BCUT2D eigenvalue weighted by Crippen LogP contribution is 2.22. The minimum Gasteiger partial charge on any atom is -0.489 e. The van der Waals surface area contributed by atoms with Crippen LogP contribution in [-0.2, 0) is 20.6 Å². The third-order valence-corrected chi connectivity index (χ3v) is 2.77. The van der Waals surface area contributed by atoms with E-state index in [1.165, 1.54) is 5.56 Å². The first-order chi connectivity index (χ1) is 9.77. The molecule has 0 aliphatic rings. The Balaban J connectivity index is 2.06. The Hall–Kier alpha value is -1.30. The Bertz CT molecular complexity index is 371. The number of aryl methyl sites for hydroxylation is 1. The van der Waals surface area contributed by atoms with Gasteiger partial charge < -0.3 is 24.7 Å². The van der Waals surface area contributed by atoms with E-state index in [4.69, 9.17) is 24.7 Å². The Morgan fingerprint density at radius 3 is 2.20 bits per heavy atom. The minimum atomic E-state index is 0.480. The van der Waals surface area contributed by atoms with Gasteiger partial charge in [-0.25, -0.2) is 0 Å². The van der Waals surface area contributed by atoms with E-state index < -0.39 is 0 Å². The summed E-state index contributed by atoms with van der Waals surface area (Å²) in [6, 6.07) is 5.87. The lowest BCUT2D eigenvalue weighted by molar-refractivity contribution is 0.0180. The van der Waals surface area contributed by atoms with Crippen LogP contribution in [0, 0.1) is 0 Å². The molecule has 1 aromatic carbocycles. The Labute approximate surface area is 121 Å². The van der Waals surface area contributed by atoms with Crippen molar-refractivity contribution in [2.75, 3.05) is 52.5 Å². The number of anilines is 1. The molecule has 0 spiro atoms. The van der Waals surface area contributed by atoms with Crippen LogP contribution in [0.1, 0.15) is 12.5 Å². The Kier molecular flexibility index (Phi) is 8.78. The van der Waals surface area contributed by atoms with Gasteiger partial charge in [0.1, 0.15) is 12.4 Å². The van der Waals surface area contributed by atoms with Crippen molar-refractivity contribution in [1.82, 2.24) is 0 Å². The van der Waals surface area contributed by atoms with Crippen LogP contribution >= 0.6 is 0 Å². The van der Waals surface area contributed by atoms with Crippen molar-refractivity contribution in [3.05, 3.63) is 23.8 Å². The molecule has 0 aromatic heterocycles. The maximum absolute atomic E-state index is 5.91. The highest BCUT2D eigenvalue weighted by atomic mass is 16.6. The highest BCUT2D eigenvalue weighted by molar-refractivity contribution is 5.54. The Morgan fingerprint density at radius 2 is 1.60 bits per heavy atom. The van der Waals surface area contributed by atoms with Gasteiger partial charge in [0.2, 0.25) is 0 Å². The van der Waals surface area contributed by atoms with Crippen LogP contribution in [0.5, 0.6) is 5.75 Å². The summed E-state index contributed by atoms with van der Waals surface area (Å²) < 4.78 is 21.1. The fraction of sp³-hybridized carbons (Fsp3) is 0.600. The van der Waals surface area contributed by atoms with Gasteiger partial charge in [-0.1, -0.05) is 13.0 Å². The smallest absolute Gasteiger partial charge is 0.142 e. The van der Waals surface area contributed by atoms with Crippen molar-refractivity contribution in [3.8, 4) is 5.75 Å². The van der Waals surface area contributed by atoms with Gasteiger partial charge in [0.15, 0.2) is 0 Å². The van der Waals surface area contributed by atoms with E-state index in [9.17, 15) is 0 Å². The predicted molar refractivity (Wildman–Crippen MR) is 79.2 cm³/mol. The van der Waals surface area contributed by atoms with Crippen LogP contribution in [0.15, 0.2) is 18.2 Å². The average Bonchev–Trinajstić information content (AvgIpc) is 2.47. The zero-order chi connectivity index (χ0) is 14.6. The molecule has 114 valence electrons. The summed E-state index contributed by atoms with van der Waals surface area (Å²) in [6.07, 6.45) is 0.969. The van der Waals surface area contributed by atoms with Gasteiger partial charge in [-0.2, -0.15) is 0 Å². The highest BCUT2D eigenvalue weighted by Gasteiger charge is 2.01. The van der Waals surface area contributed by atoms with E-state index in [2.05, 4.69) is 6.92 Å². The first kappa shape index (κ1) is 16.8. The average molecular weight is 283 g/mol. The molecule has 0 saturated heterocycles. The van der Waals surface area contributed by atoms with E-state index in [1.54, 1.807) is 7.11 Å². The molecule has 0 unspecified atom stereocenters.